The van der Waals surface area contributed by atoms with Gasteiger partial charge in [0.1, 0.15) is 17.7 Å². The van der Waals surface area contributed by atoms with Crippen LogP contribution in [-0.4, -0.2) is 23.2 Å². The molecule has 1 aromatic carbocycles. The molecule has 5 nitrogen and oxygen atoms in total. The molecule has 0 saturated heterocycles. The highest BCUT2D eigenvalue weighted by molar-refractivity contribution is 5.89. The number of carbonyl (C=O) groups excluding carboxylic acids is 2. The molecule has 2 rings (SSSR count). The summed E-state index contributed by atoms with van der Waals surface area (Å²) in [6.45, 7) is 7.56. The quantitative estimate of drug-likeness (QED) is 0.845. The minimum Gasteiger partial charge on any atom is -0.459 e. The number of esters is 1. The molecule has 0 aromatic heterocycles. The molecule has 1 aromatic rings. The predicted octanol–water partition coefficient (Wildman–Crippen LogP) is 3.42. The third-order valence-corrected chi connectivity index (χ3v) is 3.90. The second-order valence-corrected chi connectivity index (χ2v) is 6.97. The molecule has 0 aliphatic heterocycles. The van der Waals surface area contributed by atoms with E-state index in [-0.39, 0.29) is 18.5 Å². The zero-order chi connectivity index (χ0) is 17.1. The first-order chi connectivity index (χ1) is 10.8. The van der Waals surface area contributed by atoms with Crippen molar-refractivity contribution in [3.63, 3.8) is 0 Å². The Balaban J connectivity index is 1.97. The fraction of sp³-hybridized carbons (Fsp3) is 0.556. The van der Waals surface area contributed by atoms with Crippen LogP contribution >= 0.6 is 0 Å². The Morgan fingerprint density at radius 2 is 1.91 bits per heavy atom. The van der Waals surface area contributed by atoms with Gasteiger partial charge < -0.3 is 14.8 Å². The fourth-order valence-electron chi connectivity index (χ4n) is 2.61. The lowest BCUT2D eigenvalue weighted by atomic mass is 10.1. The van der Waals surface area contributed by atoms with E-state index in [1.165, 1.54) is 0 Å². The van der Waals surface area contributed by atoms with Crippen molar-refractivity contribution in [2.24, 2.45) is 5.92 Å². The van der Waals surface area contributed by atoms with Gasteiger partial charge in [0.2, 0.25) is 0 Å². The third kappa shape index (κ3) is 4.47. The van der Waals surface area contributed by atoms with E-state index in [0.29, 0.717) is 6.42 Å². The number of amides is 1. The summed E-state index contributed by atoms with van der Waals surface area (Å²) >= 11 is 0. The third-order valence-electron chi connectivity index (χ3n) is 3.90. The van der Waals surface area contributed by atoms with E-state index in [1.807, 2.05) is 37.3 Å². The molecule has 1 N–H and O–H groups in total. The van der Waals surface area contributed by atoms with E-state index >= 15 is 0 Å². The number of ether oxygens (including phenoxy) is 2. The summed E-state index contributed by atoms with van der Waals surface area (Å²) < 4.78 is 10.7. The standard InChI is InChI=1S/C18H25NO4/c1-5-14-11-18(14,19-16(21)23-17(2,3)4)15(20)22-12-13-9-7-6-8-10-13/h6-10,14H,5,11-12H2,1-4H3,(H,19,21)/t14-,18-/m0/s1. The molecule has 1 fully saturated rings. The predicted molar refractivity (Wildman–Crippen MR) is 86.7 cm³/mol. The Labute approximate surface area is 137 Å². The SMILES string of the molecule is CC[C@H]1C[C@@]1(NC(=O)OC(C)(C)C)C(=O)OCc1ccccc1. The molecule has 2 atom stereocenters. The number of alkyl carbamates (subject to hydrolysis) is 1. The summed E-state index contributed by atoms with van der Waals surface area (Å²) in [6.07, 6.45) is 0.817. The van der Waals surface area contributed by atoms with Crippen LogP contribution in [0.3, 0.4) is 0 Å². The van der Waals surface area contributed by atoms with Crippen LogP contribution in [0.25, 0.3) is 0 Å². The van der Waals surface area contributed by atoms with Gasteiger partial charge in [-0.3, -0.25) is 0 Å². The zero-order valence-corrected chi connectivity index (χ0v) is 14.2. The highest BCUT2D eigenvalue weighted by atomic mass is 16.6. The van der Waals surface area contributed by atoms with E-state index in [4.69, 9.17) is 9.47 Å². The lowest BCUT2D eigenvalue weighted by molar-refractivity contribution is -0.149. The minimum absolute atomic E-state index is 0.0956. The zero-order valence-electron chi connectivity index (χ0n) is 14.2. The maximum absolute atomic E-state index is 12.5. The molecule has 0 radical (unpaired) electrons. The molecule has 23 heavy (non-hydrogen) atoms. The number of nitrogens with one attached hydrogen (secondary N) is 1. The van der Waals surface area contributed by atoms with Gasteiger partial charge in [-0.1, -0.05) is 43.7 Å². The van der Waals surface area contributed by atoms with Crippen molar-refractivity contribution in [2.45, 2.75) is 58.3 Å². The van der Waals surface area contributed by atoms with Crippen molar-refractivity contribution in [1.82, 2.24) is 5.32 Å². The van der Waals surface area contributed by atoms with Crippen LogP contribution in [0, 0.1) is 5.92 Å². The highest BCUT2D eigenvalue weighted by Crippen LogP contribution is 2.47. The number of hydrogen-bond donors (Lipinski definition) is 1. The van der Waals surface area contributed by atoms with Gasteiger partial charge in [0.25, 0.3) is 0 Å². The van der Waals surface area contributed by atoms with Gasteiger partial charge in [-0.2, -0.15) is 0 Å². The summed E-state index contributed by atoms with van der Waals surface area (Å²) in [6, 6.07) is 9.48. The first-order valence-corrected chi connectivity index (χ1v) is 7.99. The van der Waals surface area contributed by atoms with Crippen LogP contribution in [0.5, 0.6) is 0 Å². The summed E-state index contributed by atoms with van der Waals surface area (Å²) in [5.41, 5.74) is -0.622. The molecular formula is C18H25NO4. The maximum atomic E-state index is 12.5. The second kappa shape index (κ2) is 6.60. The van der Waals surface area contributed by atoms with E-state index in [0.717, 1.165) is 12.0 Å². The first kappa shape index (κ1) is 17.3. The molecule has 1 amide bonds. The molecule has 1 aliphatic rings. The average Bonchev–Trinajstić information content (AvgIpc) is 3.18. The van der Waals surface area contributed by atoms with Crippen LogP contribution in [0.4, 0.5) is 4.79 Å². The Morgan fingerprint density at radius 3 is 2.43 bits per heavy atom. The van der Waals surface area contributed by atoms with Crippen LogP contribution in [-0.2, 0) is 20.9 Å². The largest absolute Gasteiger partial charge is 0.459 e. The summed E-state index contributed by atoms with van der Waals surface area (Å²) in [4.78, 5) is 24.5. The number of rotatable bonds is 5. The van der Waals surface area contributed by atoms with E-state index in [1.54, 1.807) is 20.8 Å². The van der Waals surface area contributed by atoms with Crippen LogP contribution in [0.1, 0.15) is 46.1 Å². The van der Waals surface area contributed by atoms with E-state index in [2.05, 4.69) is 5.32 Å². The Kier molecular flexibility index (Phi) is 4.97. The van der Waals surface area contributed by atoms with Crippen LogP contribution in [0.15, 0.2) is 30.3 Å². The molecule has 0 heterocycles. The molecule has 5 heteroatoms. The van der Waals surface area contributed by atoms with E-state index < -0.39 is 17.2 Å². The fourth-order valence-corrected chi connectivity index (χ4v) is 2.61. The van der Waals surface area contributed by atoms with Crippen LogP contribution in [0.2, 0.25) is 0 Å². The topological polar surface area (TPSA) is 64.6 Å². The maximum Gasteiger partial charge on any atom is 0.408 e. The normalized spacial score (nSPS) is 23.0. The molecular weight excluding hydrogens is 294 g/mol. The number of hydrogen-bond acceptors (Lipinski definition) is 4. The second-order valence-electron chi connectivity index (χ2n) is 6.97. The first-order valence-electron chi connectivity index (χ1n) is 7.99. The van der Waals surface area contributed by atoms with Crippen molar-refractivity contribution in [3.8, 4) is 0 Å². The molecule has 0 unspecified atom stereocenters. The van der Waals surface area contributed by atoms with E-state index in [9.17, 15) is 9.59 Å². The van der Waals surface area contributed by atoms with Crippen molar-refractivity contribution < 1.29 is 19.1 Å². The molecule has 0 spiro atoms. The van der Waals surface area contributed by atoms with Crippen molar-refractivity contribution in [3.05, 3.63) is 35.9 Å². The minimum atomic E-state index is -0.939. The van der Waals surface area contributed by atoms with Gasteiger partial charge in [0, 0.05) is 0 Å². The lowest BCUT2D eigenvalue weighted by Crippen LogP contribution is -2.47. The van der Waals surface area contributed by atoms with Gasteiger partial charge in [-0.05, 0) is 38.7 Å². The van der Waals surface area contributed by atoms with Gasteiger partial charge in [0.15, 0.2) is 0 Å². The van der Waals surface area contributed by atoms with Crippen molar-refractivity contribution in [1.29, 1.82) is 0 Å². The number of carbonyl (C=O) groups is 2. The molecule has 1 saturated carbocycles. The van der Waals surface area contributed by atoms with Gasteiger partial charge in [-0.25, -0.2) is 9.59 Å². The highest BCUT2D eigenvalue weighted by Gasteiger charge is 2.62. The molecule has 126 valence electrons. The Hall–Kier alpha value is -2.04. The van der Waals surface area contributed by atoms with Gasteiger partial charge in [-0.15, -0.1) is 0 Å². The smallest absolute Gasteiger partial charge is 0.408 e. The Bertz CT molecular complexity index is 564. The van der Waals surface area contributed by atoms with Crippen molar-refractivity contribution in [2.75, 3.05) is 0 Å². The Morgan fingerprint density at radius 1 is 1.26 bits per heavy atom. The molecule has 0 bridgehead atoms. The summed E-state index contributed by atoms with van der Waals surface area (Å²) in [7, 11) is 0. The monoisotopic (exact) mass is 319 g/mol. The van der Waals surface area contributed by atoms with Crippen LogP contribution < -0.4 is 5.32 Å². The van der Waals surface area contributed by atoms with Gasteiger partial charge in [0.05, 0.1) is 0 Å². The summed E-state index contributed by atoms with van der Waals surface area (Å²) in [5.74, 6) is -0.294. The summed E-state index contributed by atoms with van der Waals surface area (Å²) in [5, 5.41) is 2.73. The average molecular weight is 319 g/mol. The lowest BCUT2D eigenvalue weighted by Gasteiger charge is -2.23. The van der Waals surface area contributed by atoms with Gasteiger partial charge >= 0.3 is 12.1 Å². The van der Waals surface area contributed by atoms with Crippen molar-refractivity contribution >= 4 is 12.1 Å². The number of benzene rings is 1. The molecule has 1 aliphatic carbocycles.